The van der Waals surface area contributed by atoms with Gasteiger partial charge in [-0.25, -0.2) is 4.98 Å². The van der Waals surface area contributed by atoms with Crippen LogP contribution in [-0.2, 0) is 0 Å². The number of ether oxygens (including phenoxy) is 1. The van der Waals surface area contributed by atoms with E-state index >= 15 is 0 Å². The fourth-order valence-corrected chi connectivity index (χ4v) is 1.44. The van der Waals surface area contributed by atoms with Crippen molar-refractivity contribution < 1.29 is 4.74 Å². The molecule has 2 rings (SSSR count). The van der Waals surface area contributed by atoms with Gasteiger partial charge in [0.15, 0.2) is 5.82 Å². The fraction of sp³-hybridized carbons (Fsp3) is 0.182. The molecular weight excluding hydrogens is 204 g/mol. The average molecular weight is 218 g/mol. The molecule has 0 aliphatic carbocycles. The summed E-state index contributed by atoms with van der Waals surface area (Å²) in [6.45, 7) is 1.85. The SMILES string of the molecule is COc1cccc(Nc2nc(C)[nH]c2N)c1. The first-order chi connectivity index (χ1) is 7.69. The van der Waals surface area contributed by atoms with Crippen molar-refractivity contribution in [2.75, 3.05) is 18.2 Å². The first kappa shape index (κ1) is 10.4. The Morgan fingerprint density at radius 1 is 1.44 bits per heavy atom. The van der Waals surface area contributed by atoms with Gasteiger partial charge in [-0.2, -0.15) is 0 Å². The van der Waals surface area contributed by atoms with Gasteiger partial charge < -0.3 is 20.8 Å². The molecule has 0 bridgehead atoms. The number of H-pyrrole nitrogens is 1. The normalized spacial score (nSPS) is 10.1. The van der Waals surface area contributed by atoms with Crippen LogP contribution in [0.4, 0.5) is 17.3 Å². The van der Waals surface area contributed by atoms with Crippen LogP contribution in [-0.4, -0.2) is 17.1 Å². The van der Waals surface area contributed by atoms with Gasteiger partial charge >= 0.3 is 0 Å². The number of aromatic amines is 1. The summed E-state index contributed by atoms with van der Waals surface area (Å²) in [4.78, 5) is 7.16. The fourth-order valence-electron chi connectivity index (χ4n) is 1.44. The Hall–Kier alpha value is -2.17. The van der Waals surface area contributed by atoms with Gasteiger partial charge in [0.2, 0.25) is 0 Å². The zero-order chi connectivity index (χ0) is 11.5. The minimum absolute atomic E-state index is 0.528. The minimum Gasteiger partial charge on any atom is -0.497 e. The number of anilines is 3. The molecule has 0 saturated heterocycles. The number of nitrogens with one attached hydrogen (secondary N) is 2. The van der Waals surface area contributed by atoms with Gasteiger partial charge in [-0.15, -0.1) is 0 Å². The van der Waals surface area contributed by atoms with Gasteiger partial charge in [-0.3, -0.25) is 0 Å². The van der Waals surface area contributed by atoms with Gasteiger partial charge in [-0.05, 0) is 19.1 Å². The van der Waals surface area contributed by atoms with Gasteiger partial charge in [0.25, 0.3) is 0 Å². The molecule has 84 valence electrons. The summed E-state index contributed by atoms with van der Waals surface area (Å²) in [5, 5.41) is 3.12. The molecule has 1 heterocycles. The molecule has 0 saturated carbocycles. The third kappa shape index (κ3) is 2.08. The molecule has 16 heavy (non-hydrogen) atoms. The zero-order valence-corrected chi connectivity index (χ0v) is 9.24. The van der Waals surface area contributed by atoms with Crippen LogP contribution in [0.15, 0.2) is 24.3 Å². The molecule has 0 aliphatic rings. The molecule has 1 aromatic heterocycles. The van der Waals surface area contributed by atoms with Gasteiger partial charge in [-0.1, -0.05) is 6.07 Å². The van der Waals surface area contributed by atoms with Crippen LogP contribution < -0.4 is 15.8 Å². The molecule has 0 unspecified atom stereocenters. The molecule has 0 radical (unpaired) electrons. The molecule has 1 aromatic carbocycles. The molecule has 5 nitrogen and oxygen atoms in total. The molecule has 5 heteroatoms. The first-order valence-electron chi connectivity index (χ1n) is 4.92. The number of nitrogen functional groups attached to an aromatic ring is 1. The lowest BCUT2D eigenvalue weighted by atomic mass is 10.3. The second-order valence-corrected chi connectivity index (χ2v) is 3.44. The third-order valence-electron chi connectivity index (χ3n) is 2.18. The van der Waals surface area contributed by atoms with Crippen molar-refractivity contribution in [2.45, 2.75) is 6.92 Å². The summed E-state index contributed by atoms with van der Waals surface area (Å²) >= 11 is 0. The number of hydrogen-bond donors (Lipinski definition) is 3. The highest BCUT2D eigenvalue weighted by Crippen LogP contribution is 2.23. The standard InChI is InChI=1S/C11H14N4O/c1-7-13-10(12)11(14-7)15-8-4-3-5-9(6-8)16-2/h3-6,15H,12H2,1-2H3,(H,13,14). The van der Waals surface area contributed by atoms with Crippen LogP contribution in [0.25, 0.3) is 0 Å². The Kier molecular flexibility index (Phi) is 2.68. The van der Waals surface area contributed by atoms with E-state index in [2.05, 4.69) is 15.3 Å². The number of aromatic nitrogens is 2. The molecular formula is C11H14N4O. The molecule has 4 N–H and O–H groups in total. The molecule has 0 atom stereocenters. The first-order valence-corrected chi connectivity index (χ1v) is 4.92. The molecule has 0 fully saturated rings. The largest absolute Gasteiger partial charge is 0.497 e. The van der Waals surface area contributed by atoms with Crippen molar-refractivity contribution in [1.29, 1.82) is 0 Å². The molecule has 0 aliphatic heterocycles. The summed E-state index contributed by atoms with van der Waals surface area (Å²) in [5.74, 6) is 2.73. The highest BCUT2D eigenvalue weighted by Gasteiger charge is 2.05. The zero-order valence-electron chi connectivity index (χ0n) is 9.24. The van der Waals surface area contributed by atoms with E-state index in [1.165, 1.54) is 0 Å². The number of methoxy groups -OCH3 is 1. The Morgan fingerprint density at radius 2 is 2.25 bits per heavy atom. The van der Waals surface area contributed by atoms with E-state index in [1.807, 2.05) is 31.2 Å². The van der Waals surface area contributed by atoms with Gasteiger partial charge in [0.05, 0.1) is 7.11 Å². The Balaban J connectivity index is 2.23. The van der Waals surface area contributed by atoms with E-state index < -0.39 is 0 Å². The monoisotopic (exact) mass is 218 g/mol. The molecule has 0 amide bonds. The van der Waals surface area contributed by atoms with Crippen LogP contribution in [0.5, 0.6) is 5.75 Å². The van der Waals surface area contributed by atoms with Crippen molar-refractivity contribution in [3.8, 4) is 5.75 Å². The smallest absolute Gasteiger partial charge is 0.173 e. The Morgan fingerprint density at radius 3 is 2.88 bits per heavy atom. The van der Waals surface area contributed by atoms with E-state index in [-0.39, 0.29) is 0 Å². The van der Waals surface area contributed by atoms with Crippen molar-refractivity contribution >= 4 is 17.3 Å². The lowest BCUT2D eigenvalue weighted by molar-refractivity contribution is 0.415. The number of hydrogen-bond acceptors (Lipinski definition) is 4. The summed E-state index contributed by atoms with van der Waals surface area (Å²) in [7, 11) is 1.63. The second kappa shape index (κ2) is 4.14. The number of imidazole rings is 1. The summed E-state index contributed by atoms with van der Waals surface area (Å²) in [6, 6.07) is 7.58. The van der Waals surface area contributed by atoms with Crippen LogP contribution in [0, 0.1) is 6.92 Å². The highest BCUT2D eigenvalue weighted by atomic mass is 16.5. The minimum atomic E-state index is 0.528. The summed E-state index contributed by atoms with van der Waals surface area (Å²) in [6.07, 6.45) is 0. The number of nitrogens with two attached hydrogens (primary N) is 1. The van der Waals surface area contributed by atoms with E-state index in [9.17, 15) is 0 Å². The van der Waals surface area contributed by atoms with Crippen molar-refractivity contribution in [3.63, 3.8) is 0 Å². The predicted octanol–water partition coefficient (Wildman–Crippen LogP) is 2.05. The number of aryl methyl sites for hydroxylation is 1. The molecule has 0 spiro atoms. The maximum absolute atomic E-state index is 5.75. The lowest BCUT2D eigenvalue weighted by Gasteiger charge is -2.05. The second-order valence-electron chi connectivity index (χ2n) is 3.44. The summed E-state index contributed by atoms with van der Waals surface area (Å²) < 4.78 is 5.13. The van der Waals surface area contributed by atoms with E-state index in [4.69, 9.17) is 10.5 Å². The highest BCUT2D eigenvalue weighted by molar-refractivity contribution is 5.67. The van der Waals surface area contributed by atoms with Crippen molar-refractivity contribution in [2.24, 2.45) is 0 Å². The average Bonchev–Trinajstić information content (AvgIpc) is 2.58. The number of benzene rings is 1. The molecule has 2 aromatic rings. The van der Waals surface area contributed by atoms with E-state index in [0.29, 0.717) is 11.6 Å². The van der Waals surface area contributed by atoms with Crippen molar-refractivity contribution in [3.05, 3.63) is 30.1 Å². The maximum Gasteiger partial charge on any atom is 0.173 e. The summed E-state index contributed by atoms with van der Waals surface area (Å²) in [5.41, 5.74) is 6.63. The topological polar surface area (TPSA) is 76.0 Å². The maximum atomic E-state index is 5.75. The van der Waals surface area contributed by atoms with Gasteiger partial charge in [0.1, 0.15) is 17.4 Å². The van der Waals surface area contributed by atoms with Crippen molar-refractivity contribution in [1.82, 2.24) is 9.97 Å². The van der Waals surface area contributed by atoms with E-state index in [0.717, 1.165) is 17.3 Å². The quantitative estimate of drug-likeness (QED) is 0.737. The Labute approximate surface area is 93.7 Å². The third-order valence-corrected chi connectivity index (χ3v) is 2.18. The van der Waals surface area contributed by atoms with Crippen LogP contribution in [0.1, 0.15) is 5.82 Å². The number of nitrogens with zero attached hydrogens (tertiary/aromatic N) is 1. The Bertz CT molecular complexity index is 492. The predicted molar refractivity (Wildman–Crippen MR) is 64.0 cm³/mol. The lowest BCUT2D eigenvalue weighted by Crippen LogP contribution is -1.95. The van der Waals surface area contributed by atoms with Crippen LogP contribution in [0.3, 0.4) is 0 Å². The van der Waals surface area contributed by atoms with E-state index in [1.54, 1.807) is 7.11 Å². The van der Waals surface area contributed by atoms with Crippen LogP contribution >= 0.6 is 0 Å². The van der Waals surface area contributed by atoms with Gasteiger partial charge in [0, 0.05) is 11.8 Å². The number of rotatable bonds is 3. The van der Waals surface area contributed by atoms with Crippen LogP contribution in [0.2, 0.25) is 0 Å².